The van der Waals surface area contributed by atoms with Crippen LogP contribution in [0.25, 0.3) is 0 Å². The van der Waals surface area contributed by atoms with E-state index in [2.05, 4.69) is 20.9 Å². The number of carbonyl (C=O) groups excluding carboxylic acids is 1. The van der Waals surface area contributed by atoms with Gasteiger partial charge in [0.25, 0.3) is 0 Å². The van der Waals surface area contributed by atoms with Crippen LogP contribution in [0.2, 0.25) is 0 Å². The van der Waals surface area contributed by atoms with E-state index in [-0.39, 0.29) is 12.4 Å². The van der Waals surface area contributed by atoms with Gasteiger partial charge in [-0.2, -0.15) is 0 Å². The molecule has 0 radical (unpaired) electrons. The minimum Gasteiger partial charge on any atom is -0.491 e. The van der Waals surface area contributed by atoms with Gasteiger partial charge in [-0.25, -0.2) is 0 Å². The highest BCUT2D eigenvalue weighted by Gasteiger charge is 2.02. The first-order valence-corrected chi connectivity index (χ1v) is 5.40. The van der Waals surface area contributed by atoms with Gasteiger partial charge in [-0.05, 0) is 28.9 Å². The minimum atomic E-state index is -0.250. The zero-order valence-corrected chi connectivity index (χ0v) is 9.99. The summed E-state index contributed by atoms with van der Waals surface area (Å²) >= 11 is 3.27. The van der Waals surface area contributed by atoms with Crippen LogP contribution >= 0.6 is 15.9 Å². The van der Waals surface area contributed by atoms with Crippen molar-refractivity contribution in [3.8, 4) is 5.75 Å². The molecule has 0 atom stereocenters. The molecule has 1 heterocycles. The number of rotatable bonds is 5. The SMILES string of the molecule is CCOC(=O)CCOc1cncc(Br)c1. The summed E-state index contributed by atoms with van der Waals surface area (Å²) < 4.78 is 10.9. The molecule has 0 aliphatic heterocycles. The third-order valence-electron chi connectivity index (χ3n) is 1.56. The van der Waals surface area contributed by atoms with Crippen molar-refractivity contribution in [2.45, 2.75) is 13.3 Å². The average molecular weight is 274 g/mol. The Hall–Kier alpha value is -1.10. The molecule has 0 fully saturated rings. The molecule has 82 valence electrons. The zero-order valence-electron chi connectivity index (χ0n) is 8.40. The highest BCUT2D eigenvalue weighted by molar-refractivity contribution is 9.10. The molecule has 0 saturated heterocycles. The van der Waals surface area contributed by atoms with Crippen LogP contribution in [-0.2, 0) is 9.53 Å². The van der Waals surface area contributed by atoms with E-state index in [1.165, 1.54) is 0 Å². The lowest BCUT2D eigenvalue weighted by Gasteiger charge is -2.05. The number of hydrogen-bond acceptors (Lipinski definition) is 4. The maximum absolute atomic E-state index is 11.0. The first-order valence-electron chi connectivity index (χ1n) is 4.61. The van der Waals surface area contributed by atoms with Crippen LogP contribution in [0.15, 0.2) is 22.9 Å². The fraction of sp³-hybridized carbons (Fsp3) is 0.400. The Balaban J connectivity index is 2.28. The zero-order chi connectivity index (χ0) is 11.1. The monoisotopic (exact) mass is 273 g/mol. The molecule has 0 saturated carbocycles. The normalized spacial score (nSPS) is 9.73. The molecule has 5 heteroatoms. The van der Waals surface area contributed by atoms with E-state index in [0.29, 0.717) is 19.0 Å². The van der Waals surface area contributed by atoms with Crippen molar-refractivity contribution in [1.29, 1.82) is 0 Å². The maximum Gasteiger partial charge on any atom is 0.309 e. The van der Waals surface area contributed by atoms with Crippen LogP contribution in [0, 0.1) is 0 Å². The first kappa shape index (κ1) is 12.0. The molecular weight excluding hydrogens is 262 g/mol. The summed E-state index contributed by atoms with van der Waals surface area (Å²) in [5.41, 5.74) is 0. The van der Waals surface area contributed by atoms with Crippen molar-refractivity contribution < 1.29 is 14.3 Å². The fourth-order valence-electron chi connectivity index (χ4n) is 0.957. The lowest BCUT2D eigenvalue weighted by atomic mass is 10.4. The van der Waals surface area contributed by atoms with Crippen LogP contribution in [0.3, 0.4) is 0 Å². The Morgan fingerprint density at radius 3 is 3.00 bits per heavy atom. The fourth-order valence-corrected chi connectivity index (χ4v) is 1.30. The van der Waals surface area contributed by atoms with E-state index in [1.54, 1.807) is 25.4 Å². The van der Waals surface area contributed by atoms with E-state index in [9.17, 15) is 4.79 Å². The van der Waals surface area contributed by atoms with Gasteiger partial charge in [-0.15, -0.1) is 0 Å². The third-order valence-corrected chi connectivity index (χ3v) is 1.99. The van der Waals surface area contributed by atoms with E-state index < -0.39 is 0 Å². The Morgan fingerprint density at radius 2 is 2.33 bits per heavy atom. The smallest absolute Gasteiger partial charge is 0.309 e. The Morgan fingerprint density at radius 1 is 1.53 bits per heavy atom. The molecule has 1 rings (SSSR count). The van der Waals surface area contributed by atoms with E-state index >= 15 is 0 Å². The van der Waals surface area contributed by atoms with Crippen molar-refractivity contribution >= 4 is 21.9 Å². The Labute approximate surface area is 96.7 Å². The number of aromatic nitrogens is 1. The van der Waals surface area contributed by atoms with Crippen molar-refractivity contribution in [3.05, 3.63) is 22.9 Å². The number of nitrogens with zero attached hydrogens (tertiary/aromatic N) is 1. The largest absolute Gasteiger partial charge is 0.491 e. The molecule has 15 heavy (non-hydrogen) atoms. The summed E-state index contributed by atoms with van der Waals surface area (Å²) in [6, 6.07) is 1.79. The summed E-state index contributed by atoms with van der Waals surface area (Å²) in [4.78, 5) is 14.9. The maximum atomic E-state index is 11.0. The van der Waals surface area contributed by atoms with Gasteiger partial charge in [0.05, 0.1) is 25.8 Å². The van der Waals surface area contributed by atoms with Crippen LogP contribution in [0.1, 0.15) is 13.3 Å². The highest BCUT2D eigenvalue weighted by Crippen LogP contribution is 2.15. The quantitative estimate of drug-likeness (QED) is 0.772. The molecule has 0 spiro atoms. The molecule has 0 aliphatic carbocycles. The summed E-state index contributed by atoms with van der Waals surface area (Å²) in [6.07, 6.45) is 3.51. The molecule has 0 bridgehead atoms. The van der Waals surface area contributed by atoms with Gasteiger partial charge in [0.1, 0.15) is 5.75 Å². The van der Waals surface area contributed by atoms with Crippen LogP contribution in [-0.4, -0.2) is 24.2 Å². The molecule has 0 aromatic carbocycles. The molecule has 0 unspecified atom stereocenters. The number of halogens is 1. The van der Waals surface area contributed by atoms with Crippen molar-refractivity contribution in [1.82, 2.24) is 4.98 Å². The van der Waals surface area contributed by atoms with Crippen LogP contribution < -0.4 is 4.74 Å². The van der Waals surface area contributed by atoms with Gasteiger partial charge in [-0.1, -0.05) is 0 Å². The second-order valence-corrected chi connectivity index (χ2v) is 3.66. The number of ether oxygens (including phenoxy) is 2. The number of carbonyl (C=O) groups is 1. The lowest BCUT2D eigenvalue weighted by Crippen LogP contribution is -2.09. The molecule has 0 amide bonds. The highest BCUT2D eigenvalue weighted by atomic mass is 79.9. The molecule has 1 aromatic rings. The molecule has 0 N–H and O–H groups in total. The second kappa shape index (κ2) is 6.40. The molecule has 4 nitrogen and oxygen atoms in total. The summed E-state index contributed by atoms with van der Waals surface area (Å²) in [5.74, 6) is 0.383. The lowest BCUT2D eigenvalue weighted by molar-refractivity contribution is -0.143. The second-order valence-electron chi connectivity index (χ2n) is 2.74. The standard InChI is InChI=1S/C10H12BrNO3/c1-2-14-10(13)3-4-15-9-5-8(11)6-12-7-9/h5-7H,2-4H2,1H3. The molecule has 1 aromatic heterocycles. The van der Waals surface area contributed by atoms with E-state index in [1.807, 2.05) is 0 Å². The van der Waals surface area contributed by atoms with E-state index in [4.69, 9.17) is 9.47 Å². The van der Waals surface area contributed by atoms with Crippen molar-refractivity contribution in [3.63, 3.8) is 0 Å². The number of pyridine rings is 1. The minimum absolute atomic E-state index is 0.250. The van der Waals surface area contributed by atoms with E-state index in [0.717, 1.165) is 4.47 Å². The van der Waals surface area contributed by atoms with Gasteiger partial charge in [0.15, 0.2) is 0 Å². The average Bonchev–Trinajstić information content (AvgIpc) is 2.18. The number of hydrogen-bond donors (Lipinski definition) is 0. The summed E-state index contributed by atoms with van der Waals surface area (Å²) in [7, 11) is 0. The van der Waals surface area contributed by atoms with Crippen molar-refractivity contribution in [2.24, 2.45) is 0 Å². The molecular formula is C10H12BrNO3. The van der Waals surface area contributed by atoms with Crippen LogP contribution in [0.5, 0.6) is 5.75 Å². The van der Waals surface area contributed by atoms with Crippen molar-refractivity contribution in [2.75, 3.05) is 13.2 Å². The first-order chi connectivity index (χ1) is 7.22. The number of esters is 1. The predicted molar refractivity (Wildman–Crippen MR) is 58.7 cm³/mol. The third kappa shape index (κ3) is 4.78. The summed E-state index contributed by atoms with van der Waals surface area (Å²) in [5, 5.41) is 0. The predicted octanol–water partition coefficient (Wildman–Crippen LogP) is 2.18. The Kier molecular flexibility index (Phi) is 5.10. The van der Waals surface area contributed by atoms with Gasteiger partial charge in [0, 0.05) is 10.7 Å². The summed E-state index contributed by atoms with van der Waals surface area (Å²) in [6.45, 7) is 2.48. The van der Waals surface area contributed by atoms with Gasteiger partial charge in [-0.3, -0.25) is 9.78 Å². The molecule has 0 aliphatic rings. The topological polar surface area (TPSA) is 48.4 Å². The van der Waals surface area contributed by atoms with Crippen LogP contribution in [0.4, 0.5) is 0 Å². The van der Waals surface area contributed by atoms with Gasteiger partial charge in [0.2, 0.25) is 0 Å². The Bertz CT molecular complexity index is 330. The van der Waals surface area contributed by atoms with Gasteiger partial charge < -0.3 is 9.47 Å². The van der Waals surface area contributed by atoms with Gasteiger partial charge >= 0.3 is 5.97 Å².